The lowest BCUT2D eigenvalue weighted by atomic mass is 9.46. The molecule has 2 saturated heterocycles. The molecule has 0 amide bonds. The third-order valence-electron chi connectivity index (χ3n) is 14.5. The van der Waals surface area contributed by atoms with Crippen molar-refractivity contribution in [3.05, 3.63) is 11.6 Å². The van der Waals surface area contributed by atoms with Gasteiger partial charge in [0.2, 0.25) is 0 Å². The Hall–Kier alpha value is -1.10. The van der Waals surface area contributed by atoms with Crippen LogP contribution in [0.1, 0.15) is 145 Å². The Kier molecular flexibility index (Phi) is 13.5. The number of rotatable bonds is 15. The standard InChI is InChI=1S/C43H71FO8/c1-8-46-29(5)51-43(52-39-15-11-13-25-49-39)26-30-16-17-31-33-19-20-34(32(40(45)47-9-2)18-21-36(44)28(3)4)41(33,6)23-22-35(31)42(30,7)37(27-43)50-38-14-10-12-24-48-38/h16,28-29,31-39H,8-15,17-27H2,1-7H3/t29?,31-,32+,33-,34+,35-,36+,37-,38?,39?,41-,42-,43+/m0/s1. The van der Waals surface area contributed by atoms with Crippen LogP contribution in [0.4, 0.5) is 4.39 Å². The van der Waals surface area contributed by atoms with Crippen molar-refractivity contribution >= 4 is 5.97 Å². The van der Waals surface area contributed by atoms with E-state index in [9.17, 15) is 9.18 Å². The summed E-state index contributed by atoms with van der Waals surface area (Å²) in [5.41, 5.74) is 1.15. The first-order chi connectivity index (χ1) is 24.9. The zero-order valence-corrected chi connectivity index (χ0v) is 33.5. The lowest BCUT2D eigenvalue weighted by Gasteiger charge is -2.62. The predicted molar refractivity (Wildman–Crippen MR) is 198 cm³/mol. The summed E-state index contributed by atoms with van der Waals surface area (Å²) in [5.74, 6) is 0.205. The number of fused-ring (bicyclic) bond motifs is 5. The molecule has 0 N–H and O–H groups in total. The minimum absolute atomic E-state index is 0.00264. The fourth-order valence-corrected chi connectivity index (χ4v) is 11.8. The van der Waals surface area contributed by atoms with Crippen LogP contribution in [0.15, 0.2) is 11.6 Å². The fourth-order valence-electron chi connectivity index (χ4n) is 11.8. The van der Waals surface area contributed by atoms with Crippen LogP contribution in [0.25, 0.3) is 0 Å². The average molecular weight is 735 g/mol. The van der Waals surface area contributed by atoms with E-state index in [1.807, 2.05) is 34.6 Å². The Balaban J connectivity index is 1.31. The number of hydrogen-bond donors (Lipinski definition) is 0. The Bertz CT molecular complexity index is 1200. The van der Waals surface area contributed by atoms with Gasteiger partial charge >= 0.3 is 5.97 Å². The Morgan fingerprint density at radius 2 is 1.65 bits per heavy atom. The molecule has 52 heavy (non-hydrogen) atoms. The second-order valence-corrected chi connectivity index (χ2v) is 17.8. The van der Waals surface area contributed by atoms with E-state index < -0.39 is 18.2 Å². The zero-order valence-electron chi connectivity index (χ0n) is 33.5. The number of carbonyl (C=O) groups excluding carboxylic acids is 1. The van der Waals surface area contributed by atoms with E-state index in [1.54, 1.807) is 0 Å². The molecule has 3 saturated carbocycles. The van der Waals surface area contributed by atoms with Crippen LogP contribution in [0, 0.1) is 46.3 Å². The number of esters is 1. The van der Waals surface area contributed by atoms with Crippen LogP contribution >= 0.6 is 0 Å². The van der Waals surface area contributed by atoms with E-state index >= 15 is 0 Å². The molecule has 6 aliphatic rings. The molecule has 298 valence electrons. The van der Waals surface area contributed by atoms with Gasteiger partial charge in [-0.1, -0.05) is 39.3 Å². The summed E-state index contributed by atoms with van der Waals surface area (Å²) in [5, 5.41) is 0. The lowest BCUT2D eigenvalue weighted by Crippen LogP contribution is -2.61. The number of ether oxygens (including phenoxy) is 7. The number of halogens is 1. The molecule has 8 nitrogen and oxygen atoms in total. The molecule has 13 atom stereocenters. The van der Waals surface area contributed by atoms with Gasteiger partial charge in [0.25, 0.3) is 0 Å². The van der Waals surface area contributed by atoms with Crippen molar-refractivity contribution < 1.29 is 42.3 Å². The minimum atomic E-state index is -0.938. The first-order valence-electron chi connectivity index (χ1n) is 21.3. The zero-order chi connectivity index (χ0) is 37.1. The molecule has 2 aliphatic heterocycles. The maximum absolute atomic E-state index is 15.0. The summed E-state index contributed by atoms with van der Waals surface area (Å²) < 4.78 is 60.0. The highest BCUT2D eigenvalue weighted by atomic mass is 19.1. The third kappa shape index (κ3) is 8.35. The summed E-state index contributed by atoms with van der Waals surface area (Å²) >= 11 is 0. The summed E-state index contributed by atoms with van der Waals surface area (Å²) in [6.45, 7) is 16.9. The second-order valence-electron chi connectivity index (χ2n) is 17.8. The van der Waals surface area contributed by atoms with Crippen LogP contribution in [0.3, 0.4) is 0 Å². The summed E-state index contributed by atoms with van der Waals surface area (Å²) in [4.78, 5) is 13.6. The highest BCUT2D eigenvalue weighted by molar-refractivity contribution is 5.73. The van der Waals surface area contributed by atoms with Crippen molar-refractivity contribution in [2.75, 3.05) is 26.4 Å². The normalized spacial score (nSPS) is 40.9. The molecule has 0 bridgehead atoms. The topological polar surface area (TPSA) is 81.7 Å². The van der Waals surface area contributed by atoms with Gasteiger partial charge in [-0.05, 0) is 139 Å². The lowest BCUT2D eigenvalue weighted by molar-refractivity contribution is -0.375. The molecule has 4 aliphatic carbocycles. The Labute approximate surface area is 313 Å². The van der Waals surface area contributed by atoms with Crippen LogP contribution in [-0.2, 0) is 38.0 Å². The van der Waals surface area contributed by atoms with E-state index in [-0.39, 0.29) is 53.2 Å². The quantitative estimate of drug-likeness (QED) is 0.0935. The van der Waals surface area contributed by atoms with Gasteiger partial charge in [0, 0.05) is 38.1 Å². The molecule has 2 heterocycles. The van der Waals surface area contributed by atoms with Gasteiger partial charge in [-0.15, -0.1) is 0 Å². The number of carbonyl (C=O) groups is 1. The minimum Gasteiger partial charge on any atom is -0.466 e. The Morgan fingerprint density at radius 3 is 2.31 bits per heavy atom. The van der Waals surface area contributed by atoms with Crippen LogP contribution in [0.5, 0.6) is 0 Å². The van der Waals surface area contributed by atoms with Gasteiger partial charge in [0.1, 0.15) is 6.17 Å². The third-order valence-corrected chi connectivity index (χ3v) is 14.5. The largest absolute Gasteiger partial charge is 0.466 e. The summed E-state index contributed by atoms with van der Waals surface area (Å²) in [6, 6.07) is 0. The van der Waals surface area contributed by atoms with Crippen molar-refractivity contribution in [1.29, 1.82) is 0 Å². The van der Waals surface area contributed by atoms with E-state index in [1.165, 1.54) is 5.57 Å². The molecule has 5 fully saturated rings. The molecular formula is C43H71FO8. The van der Waals surface area contributed by atoms with Crippen molar-refractivity contribution in [3.8, 4) is 0 Å². The smallest absolute Gasteiger partial charge is 0.309 e. The van der Waals surface area contributed by atoms with E-state index in [2.05, 4.69) is 19.9 Å². The van der Waals surface area contributed by atoms with Crippen molar-refractivity contribution in [2.45, 2.75) is 182 Å². The highest BCUT2D eigenvalue weighted by Gasteiger charge is 2.64. The monoisotopic (exact) mass is 735 g/mol. The molecular weight excluding hydrogens is 663 g/mol. The van der Waals surface area contributed by atoms with E-state index in [0.29, 0.717) is 63.3 Å². The number of allylic oxidation sites excluding steroid dienone is 1. The average Bonchev–Trinajstić information content (AvgIpc) is 3.47. The van der Waals surface area contributed by atoms with Crippen molar-refractivity contribution in [2.24, 2.45) is 46.3 Å². The SMILES string of the molecule is CCOC(=O)[C@H](CC[C@@H](F)C(C)C)[C@H]1CC[C@H]2[C@@H]3CC=C4C[C@@](OC(C)OCC)(OC5CCCCO5)C[C@H](OC5CCCCO5)[C@]4(C)[C@H]3CC[C@]12C. The maximum Gasteiger partial charge on any atom is 0.309 e. The molecule has 0 aromatic rings. The number of hydrogen-bond acceptors (Lipinski definition) is 8. The molecule has 3 unspecified atom stereocenters. The van der Waals surface area contributed by atoms with E-state index in [0.717, 1.165) is 77.2 Å². The molecule has 9 heteroatoms. The fraction of sp³-hybridized carbons (Fsp3) is 0.930. The van der Waals surface area contributed by atoms with Crippen LogP contribution < -0.4 is 0 Å². The van der Waals surface area contributed by atoms with Crippen molar-refractivity contribution in [1.82, 2.24) is 0 Å². The molecule has 0 radical (unpaired) electrons. The van der Waals surface area contributed by atoms with Crippen LogP contribution in [-0.4, -0.2) is 69.3 Å². The maximum atomic E-state index is 15.0. The highest BCUT2D eigenvalue weighted by Crippen LogP contribution is 2.68. The molecule has 0 spiro atoms. The van der Waals surface area contributed by atoms with Crippen LogP contribution in [0.2, 0.25) is 0 Å². The van der Waals surface area contributed by atoms with Crippen molar-refractivity contribution in [3.63, 3.8) is 0 Å². The van der Waals surface area contributed by atoms with Gasteiger partial charge in [0.15, 0.2) is 24.7 Å². The molecule has 6 rings (SSSR count). The van der Waals surface area contributed by atoms with Gasteiger partial charge in [-0.25, -0.2) is 4.39 Å². The summed E-state index contributed by atoms with van der Waals surface area (Å²) in [6.07, 6.45) is 13.9. The van der Waals surface area contributed by atoms with Gasteiger partial charge in [-0.2, -0.15) is 0 Å². The molecule has 0 aromatic heterocycles. The van der Waals surface area contributed by atoms with Gasteiger partial charge in [0.05, 0.1) is 18.6 Å². The second kappa shape index (κ2) is 17.4. The van der Waals surface area contributed by atoms with Gasteiger partial charge in [-0.3, -0.25) is 4.79 Å². The number of alkyl halides is 1. The first-order valence-corrected chi connectivity index (χ1v) is 21.3. The predicted octanol–water partition coefficient (Wildman–Crippen LogP) is 9.68. The Morgan fingerprint density at radius 1 is 0.923 bits per heavy atom. The first kappa shape index (κ1) is 40.6. The molecule has 0 aromatic carbocycles. The summed E-state index contributed by atoms with van der Waals surface area (Å²) in [7, 11) is 0. The van der Waals surface area contributed by atoms with Gasteiger partial charge < -0.3 is 33.2 Å². The van der Waals surface area contributed by atoms with E-state index in [4.69, 9.17) is 33.2 Å².